The summed E-state index contributed by atoms with van der Waals surface area (Å²) in [5.74, 6) is -0.312. The highest BCUT2D eigenvalue weighted by Crippen LogP contribution is 2.23. The summed E-state index contributed by atoms with van der Waals surface area (Å²) in [6.07, 6.45) is 1.92. The molecule has 19 heavy (non-hydrogen) atoms. The molecule has 0 atom stereocenters. The molecular formula is C13H18N2O3S. The first-order chi connectivity index (χ1) is 9.05. The summed E-state index contributed by atoms with van der Waals surface area (Å²) in [5, 5.41) is 3.18. The maximum absolute atomic E-state index is 12.3. The average molecular weight is 282 g/mol. The maximum Gasteiger partial charge on any atom is 0.266 e. The van der Waals surface area contributed by atoms with E-state index in [2.05, 4.69) is 12.2 Å². The third-order valence-corrected chi connectivity index (χ3v) is 4.89. The van der Waals surface area contributed by atoms with E-state index in [9.17, 15) is 13.2 Å². The fourth-order valence-electron chi connectivity index (χ4n) is 2.02. The maximum atomic E-state index is 12.3. The number of anilines is 1. The second kappa shape index (κ2) is 5.61. The van der Waals surface area contributed by atoms with E-state index < -0.39 is 10.0 Å². The molecule has 1 aromatic carbocycles. The van der Waals surface area contributed by atoms with E-state index >= 15 is 0 Å². The molecule has 0 spiro atoms. The van der Waals surface area contributed by atoms with E-state index in [1.807, 2.05) is 0 Å². The molecule has 0 saturated carbocycles. The van der Waals surface area contributed by atoms with Crippen LogP contribution >= 0.6 is 0 Å². The van der Waals surface area contributed by atoms with Crippen LogP contribution in [0.1, 0.15) is 26.2 Å². The fraction of sp³-hybridized carbons (Fsp3) is 0.462. The summed E-state index contributed by atoms with van der Waals surface area (Å²) in [6.45, 7) is 3.19. The lowest BCUT2D eigenvalue weighted by molar-refractivity contribution is -0.123. The van der Waals surface area contributed by atoms with Gasteiger partial charge in [-0.3, -0.25) is 4.79 Å². The van der Waals surface area contributed by atoms with Crippen molar-refractivity contribution in [1.29, 1.82) is 0 Å². The van der Waals surface area contributed by atoms with Crippen LogP contribution in [-0.4, -0.2) is 31.7 Å². The minimum absolute atomic E-state index is 0.171. The van der Waals surface area contributed by atoms with E-state index in [0.29, 0.717) is 12.8 Å². The highest BCUT2D eigenvalue weighted by molar-refractivity contribution is 7.89. The Morgan fingerprint density at radius 3 is 2.47 bits per heavy atom. The Morgan fingerprint density at radius 1 is 1.26 bits per heavy atom. The van der Waals surface area contributed by atoms with Gasteiger partial charge in [-0.25, -0.2) is 12.7 Å². The Kier molecular flexibility index (Phi) is 4.09. The van der Waals surface area contributed by atoms with Gasteiger partial charge in [0.25, 0.3) is 10.0 Å². The Balaban J connectivity index is 2.19. The van der Waals surface area contributed by atoms with E-state index in [1.54, 1.807) is 24.3 Å². The predicted octanol–water partition coefficient (Wildman–Crippen LogP) is 1.82. The molecular weight excluding hydrogens is 264 g/mol. The highest BCUT2D eigenvalue weighted by Gasteiger charge is 2.32. The molecule has 1 amide bonds. The van der Waals surface area contributed by atoms with Crippen LogP contribution < -0.4 is 5.32 Å². The molecule has 1 aromatic rings. The van der Waals surface area contributed by atoms with E-state index in [0.717, 1.165) is 23.0 Å². The predicted molar refractivity (Wildman–Crippen MR) is 73.4 cm³/mol. The van der Waals surface area contributed by atoms with Gasteiger partial charge in [0.2, 0.25) is 5.91 Å². The van der Waals surface area contributed by atoms with Crippen LogP contribution in [0.25, 0.3) is 0 Å². The summed E-state index contributed by atoms with van der Waals surface area (Å²) in [7, 11) is -3.67. The zero-order valence-electron chi connectivity index (χ0n) is 10.9. The number of rotatable bonds is 5. The number of benzene rings is 1. The third kappa shape index (κ3) is 2.89. The monoisotopic (exact) mass is 282 g/mol. The first-order valence-electron chi connectivity index (χ1n) is 6.45. The lowest BCUT2D eigenvalue weighted by Crippen LogP contribution is -2.31. The summed E-state index contributed by atoms with van der Waals surface area (Å²) in [6, 6.07) is 6.53. The lowest BCUT2D eigenvalue weighted by atomic mass is 10.3. The molecule has 0 radical (unpaired) electrons. The largest absolute Gasteiger partial charge is 0.385 e. The summed E-state index contributed by atoms with van der Waals surface area (Å²) in [5.41, 5.74) is 0.883. The molecule has 1 heterocycles. The quantitative estimate of drug-likeness (QED) is 0.894. The summed E-state index contributed by atoms with van der Waals surface area (Å²) >= 11 is 0. The van der Waals surface area contributed by atoms with E-state index in [1.165, 1.54) is 0 Å². The number of carbonyl (C=O) groups is 1. The molecule has 5 nitrogen and oxygen atoms in total. The summed E-state index contributed by atoms with van der Waals surface area (Å²) < 4.78 is 25.5. The second-order valence-corrected chi connectivity index (χ2v) is 6.39. The first kappa shape index (κ1) is 13.9. The number of hydrogen-bond acceptors (Lipinski definition) is 4. The van der Waals surface area contributed by atoms with Crippen molar-refractivity contribution in [3.8, 4) is 0 Å². The van der Waals surface area contributed by atoms with Gasteiger partial charge < -0.3 is 5.32 Å². The van der Waals surface area contributed by atoms with Crippen LogP contribution in [0.2, 0.25) is 0 Å². The standard InChI is InChI=1S/C13H18N2O3S/c1-2-9-14-11-5-7-12(8-6-11)19(17,18)15-10-3-4-13(15)16/h5-8,14H,2-4,9-10H2,1H3. The molecule has 2 rings (SSSR count). The SMILES string of the molecule is CCCNc1ccc(S(=O)(=O)N2CCCC2=O)cc1. The van der Waals surface area contributed by atoms with Crippen LogP contribution in [0.15, 0.2) is 29.2 Å². The molecule has 1 N–H and O–H groups in total. The van der Waals surface area contributed by atoms with E-state index in [-0.39, 0.29) is 17.3 Å². The van der Waals surface area contributed by atoms with Crippen molar-refractivity contribution in [1.82, 2.24) is 4.31 Å². The summed E-state index contributed by atoms with van der Waals surface area (Å²) in [4.78, 5) is 11.7. The van der Waals surface area contributed by atoms with Gasteiger partial charge >= 0.3 is 0 Å². The van der Waals surface area contributed by atoms with Crippen LogP contribution in [0.4, 0.5) is 5.69 Å². The lowest BCUT2D eigenvalue weighted by Gasteiger charge is -2.16. The second-order valence-electron chi connectivity index (χ2n) is 4.53. The number of nitrogens with one attached hydrogen (secondary N) is 1. The molecule has 1 aliphatic rings. The van der Waals surface area contributed by atoms with Crippen LogP contribution in [-0.2, 0) is 14.8 Å². The molecule has 104 valence electrons. The van der Waals surface area contributed by atoms with Crippen LogP contribution in [0, 0.1) is 0 Å². The molecule has 0 aromatic heterocycles. The normalized spacial score (nSPS) is 15.8. The number of nitrogens with zero attached hydrogens (tertiary/aromatic N) is 1. The van der Waals surface area contributed by atoms with Crippen molar-refractivity contribution < 1.29 is 13.2 Å². The number of carbonyl (C=O) groups excluding carboxylic acids is 1. The van der Waals surface area contributed by atoms with E-state index in [4.69, 9.17) is 0 Å². The van der Waals surface area contributed by atoms with Crippen molar-refractivity contribution in [3.05, 3.63) is 24.3 Å². The Morgan fingerprint density at radius 2 is 1.95 bits per heavy atom. The van der Waals surface area contributed by atoms with Crippen molar-refractivity contribution >= 4 is 21.6 Å². The first-order valence-corrected chi connectivity index (χ1v) is 7.89. The number of sulfonamides is 1. The molecule has 0 unspecified atom stereocenters. The molecule has 1 saturated heterocycles. The molecule has 0 bridgehead atoms. The molecule has 0 aliphatic carbocycles. The van der Waals surface area contributed by atoms with Crippen LogP contribution in [0.5, 0.6) is 0 Å². The van der Waals surface area contributed by atoms with Gasteiger partial charge in [0, 0.05) is 25.2 Å². The van der Waals surface area contributed by atoms with Crippen molar-refractivity contribution in [2.75, 3.05) is 18.4 Å². The van der Waals surface area contributed by atoms with Crippen LogP contribution in [0.3, 0.4) is 0 Å². The van der Waals surface area contributed by atoms with Gasteiger partial charge in [0.15, 0.2) is 0 Å². The van der Waals surface area contributed by atoms with Crippen molar-refractivity contribution in [2.45, 2.75) is 31.1 Å². The van der Waals surface area contributed by atoms with Gasteiger partial charge in [-0.1, -0.05) is 6.92 Å². The Hall–Kier alpha value is -1.56. The minimum Gasteiger partial charge on any atom is -0.385 e. The molecule has 6 heteroatoms. The zero-order valence-corrected chi connectivity index (χ0v) is 11.7. The van der Waals surface area contributed by atoms with Gasteiger partial charge in [0.05, 0.1) is 4.90 Å². The van der Waals surface area contributed by atoms with Crippen molar-refractivity contribution in [3.63, 3.8) is 0 Å². The number of hydrogen-bond donors (Lipinski definition) is 1. The van der Waals surface area contributed by atoms with Gasteiger partial charge in [-0.05, 0) is 37.1 Å². The van der Waals surface area contributed by atoms with Gasteiger partial charge in [-0.15, -0.1) is 0 Å². The van der Waals surface area contributed by atoms with Gasteiger partial charge in [0.1, 0.15) is 0 Å². The Labute approximate surface area is 113 Å². The highest BCUT2D eigenvalue weighted by atomic mass is 32.2. The molecule has 1 fully saturated rings. The fourth-order valence-corrected chi connectivity index (χ4v) is 3.48. The Bertz CT molecular complexity index is 552. The zero-order chi connectivity index (χ0) is 13.9. The van der Waals surface area contributed by atoms with Gasteiger partial charge in [-0.2, -0.15) is 0 Å². The topological polar surface area (TPSA) is 66.5 Å². The minimum atomic E-state index is -3.67. The molecule has 1 aliphatic heterocycles. The third-order valence-electron chi connectivity index (χ3n) is 3.05. The van der Waals surface area contributed by atoms with Crippen molar-refractivity contribution in [2.24, 2.45) is 0 Å². The number of amides is 1. The average Bonchev–Trinajstić information content (AvgIpc) is 2.84. The smallest absolute Gasteiger partial charge is 0.266 e.